The van der Waals surface area contributed by atoms with E-state index in [0.717, 1.165) is 42.8 Å². The number of rotatable bonds is 3. The van der Waals surface area contributed by atoms with Crippen LogP contribution in [-0.4, -0.2) is 32.2 Å². The predicted octanol–water partition coefficient (Wildman–Crippen LogP) is 2.46. The van der Waals surface area contributed by atoms with E-state index < -0.39 is 15.7 Å². The van der Waals surface area contributed by atoms with Gasteiger partial charge in [-0.15, -0.1) is 0 Å². The normalized spacial score (nSPS) is 18.0. The number of pyridine rings is 1. The maximum Gasteiger partial charge on any atom is 0.306 e. The summed E-state index contributed by atoms with van der Waals surface area (Å²) < 4.78 is 44.2. The Kier molecular flexibility index (Phi) is 3.91. The first-order valence-electron chi connectivity index (χ1n) is 7.41. The molecule has 2 heterocycles. The predicted molar refractivity (Wildman–Crippen MR) is 82.8 cm³/mol. The molecule has 1 unspecified atom stereocenters. The molecule has 0 amide bonds. The van der Waals surface area contributed by atoms with Crippen LogP contribution >= 0.6 is 0 Å². The second-order valence-corrected chi connectivity index (χ2v) is 7.95. The molecule has 1 aliphatic rings. The maximum atomic E-state index is 13.9. The number of nitrogens with zero attached hydrogens (tertiary/aromatic N) is 1. The molecule has 0 saturated carbocycles. The molecule has 1 atom stereocenters. The number of fused-ring (bicyclic) bond motifs is 3. The van der Waals surface area contributed by atoms with E-state index >= 15 is 0 Å². The topological polar surface area (TPSA) is 64.9 Å². The van der Waals surface area contributed by atoms with E-state index in [1.54, 1.807) is 10.5 Å². The highest BCUT2D eigenvalue weighted by Gasteiger charge is 2.28. The Bertz CT molecular complexity index is 885. The Morgan fingerprint density at radius 1 is 1.43 bits per heavy atom. The molecule has 0 fully saturated rings. The van der Waals surface area contributed by atoms with Gasteiger partial charge in [0.15, 0.2) is 9.84 Å². The van der Waals surface area contributed by atoms with Crippen LogP contribution in [0.5, 0.6) is 0 Å². The summed E-state index contributed by atoms with van der Waals surface area (Å²) in [5.74, 6) is -0.916. The summed E-state index contributed by atoms with van der Waals surface area (Å²) in [5.41, 5.74) is 2.26. The Hall–Kier alpha value is -1.89. The van der Waals surface area contributed by atoms with Crippen LogP contribution in [0.4, 0.5) is 4.39 Å². The average molecular weight is 339 g/mol. The van der Waals surface area contributed by atoms with Crippen molar-refractivity contribution in [2.24, 2.45) is 0 Å². The van der Waals surface area contributed by atoms with Gasteiger partial charge < -0.3 is 9.14 Å². The summed E-state index contributed by atoms with van der Waals surface area (Å²) in [5, 5.41) is 0. The van der Waals surface area contributed by atoms with Gasteiger partial charge in [-0.3, -0.25) is 4.79 Å². The number of aromatic nitrogens is 1. The van der Waals surface area contributed by atoms with E-state index in [4.69, 9.17) is 4.74 Å². The monoisotopic (exact) mass is 339 g/mol. The Labute approximate surface area is 134 Å². The first kappa shape index (κ1) is 16.0. The van der Waals surface area contributed by atoms with Crippen LogP contribution in [0.25, 0.3) is 5.52 Å². The molecule has 5 nitrogen and oxygen atoms in total. The minimum atomic E-state index is -3.55. The molecule has 0 aromatic carbocycles. The second kappa shape index (κ2) is 5.63. The number of aryl methyl sites for hydroxylation is 1. The highest BCUT2D eigenvalue weighted by atomic mass is 32.2. The largest absolute Gasteiger partial charge is 0.469 e. The van der Waals surface area contributed by atoms with Gasteiger partial charge in [0, 0.05) is 18.1 Å². The summed E-state index contributed by atoms with van der Waals surface area (Å²) in [6.45, 7) is 0. The zero-order valence-corrected chi connectivity index (χ0v) is 13.8. The number of sulfone groups is 1. The SMILES string of the molecule is COC(=O)CC1CCCc2c1cc1c(S(C)(=O)=O)cc(F)cn21. The van der Waals surface area contributed by atoms with Gasteiger partial charge in [0.25, 0.3) is 0 Å². The van der Waals surface area contributed by atoms with Crippen molar-refractivity contribution in [1.29, 1.82) is 0 Å². The van der Waals surface area contributed by atoms with Crippen LogP contribution in [-0.2, 0) is 25.8 Å². The lowest BCUT2D eigenvalue weighted by molar-refractivity contribution is -0.141. The van der Waals surface area contributed by atoms with Crippen molar-refractivity contribution in [3.05, 3.63) is 35.4 Å². The smallest absolute Gasteiger partial charge is 0.306 e. The Morgan fingerprint density at radius 3 is 2.83 bits per heavy atom. The van der Waals surface area contributed by atoms with Crippen molar-refractivity contribution in [3.8, 4) is 0 Å². The van der Waals surface area contributed by atoms with Crippen LogP contribution in [0.3, 0.4) is 0 Å². The van der Waals surface area contributed by atoms with Crippen LogP contribution in [0.2, 0.25) is 0 Å². The van der Waals surface area contributed by atoms with E-state index in [2.05, 4.69) is 0 Å². The highest BCUT2D eigenvalue weighted by Crippen LogP contribution is 2.38. The Balaban J connectivity index is 2.21. The minimum Gasteiger partial charge on any atom is -0.469 e. The molecule has 3 rings (SSSR count). The molecule has 2 aromatic rings. The number of hydrogen-bond donors (Lipinski definition) is 0. The molecule has 0 radical (unpaired) electrons. The number of ether oxygens (including phenoxy) is 1. The molecule has 1 aliphatic carbocycles. The molecule has 23 heavy (non-hydrogen) atoms. The fourth-order valence-electron chi connectivity index (χ4n) is 3.36. The first-order valence-corrected chi connectivity index (χ1v) is 9.30. The van der Waals surface area contributed by atoms with Crippen molar-refractivity contribution < 1.29 is 22.3 Å². The van der Waals surface area contributed by atoms with Crippen LogP contribution in [0.15, 0.2) is 23.2 Å². The molecule has 2 aromatic heterocycles. The number of carbonyl (C=O) groups excluding carboxylic acids is 1. The third-order valence-corrected chi connectivity index (χ3v) is 5.52. The fraction of sp³-hybridized carbons (Fsp3) is 0.438. The summed E-state index contributed by atoms with van der Waals surface area (Å²) in [4.78, 5) is 11.6. The van der Waals surface area contributed by atoms with Gasteiger partial charge >= 0.3 is 5.97 Å². The number of methoxy groups -OCH3 is 1. The lowest BCUT2D eigenvalue weighted by Gasteiger charge is -2.22. The fourth-order valence-corrected chi connectivity index (χ4v) is 4.23. The quantitative estimate of drug-likeness (QED) is 0.806. The van der Waals surface area contributed by atoms with Crippen molar-refractivity contribution in [2.45, 2.75) is 36.5 Å². The molecule has 0 spiro atoms. The number of esters is 1. The van der Waals surface area contributed by atoms with E-state index in [9.17, 15) is 17.6 Å². The van der Waals surface area contributed by atoms with Crippen molar-refractivity contribution in [3.63, 3.8) is 0 Å². The summed E-state index contributed by atoms with van der Waals surface area (Å²) in [6.07, 6.45) is 5.05. The van der Waals surface area contributed by atoms with E-state index in [0.29, 0.717) is 5.52 Å². The molecule has 0 bridgehead atoms. The lowest BCUT2D eigenvalue weighted by Crippen LogP contribution is -2.14. The maximum absolute atomic E-state index is 13.9. The first-order chi connectivity index (χ1) is 10.8. The number of hydrogen-bond acceptors (Lipinski definition) is 4. The van der Waals surface area contributed by atoms with E-state index in [1.165, 1.54) is 13.3 Å². The van der Waals surface area contributed by atoms with Gasteiger partial charge in [-0.25, -0.2) is 12.8 Å². The van der Waals surface area contributed by atoms with Crippen molar-refractivity contribution in [2.75, 3.05) is 13.4 Å². The third kappa shape index (κ3) is 2.85. The van der Waals surface area contributed by atoms with E-state index in [-0.39, 0.29) is 23.2 Å². The van der Waals surface area contributed by atoms with Crippen LogP contribution < -0.4 is 0 Å². The minimum absolute atomic E-state index is 0.0243. The van der Waals surface area contributed by atoms with Crippen LogP contribution in [0.1, 0.15) is 36.4 Å². The number of halogens is 1. The molecular weight excluding hydrogens is 321 g/mol. The number of carbonyl (C=O) groups is 1. The zero-order valence-electron chi connectivity index (χ0n) is 13.0. The average Bonchev–Trinajstić information content (AvgIpc) is 2.85. The third-order valence-electron chi connectivity index (χ3n) is 4.40. The van der Waals surface area contributed by atoms with E-state index in [1.807, 2.05) is 0 Å². The molecule has 0 N–H and O–H groups in total. The summed E-state index contributed by atoms with van der Waals surface area (Å²) >= 11 is 0. The summed E-state index contributed by atoms with van der Waals surface area (Å²) in [6, 6.07) is 2.82. The molecular formula is C16H18FNO4S. The van der Waals surface area contributed by atoms with Gasteiger partial charge in [-0.1, -0.05) is 0 Å². The van der Waals surface area contributed by atoms with Crippen molar-refractivity contribution in [1.82, 2.24) is 4.40 Å². The molecule has 7 heteroatoms. The van der Waals surface area contributed by atoms with Gasteiger partial charge in [0.2, 0.25) is 0 Å². The Morgan fingerprint density at radius 2 is 2.17 bits per heavy atom. The lowest BCUT2D eigenvalue weighted by atomic mass is 9.85. The second-order valence-electron chi connectivity index (χ2n) is 5.97. The van der Waals surface area contributed by atoms with Gasteiger partial charge in [0.1, 0.15) is 5.82 Å². The van der Waals surface area contributed by atoms with Crippen LogP contribution in [0, 0.1) is 5.82 Å². The molecule has 124 valence electrons. The van der Waals surface area contributed by atoms with Gasteiger partial charge in [0.05, 0.1) is 23.9 Å². The zero-order chi connectivity index (χ0) is 16.8. The van der Waals surface area contributed by atoms with Crippen molar-refractivity contribution >= 4 is 21.3 Å². The standard InChI is InChI=1S/C16H18FNO4S/c1-22-16(19)6-10-4-3-5-13-12(10)8-14-15(23(2,20)21)7-11(17)9-18(13)14/h7-10H,3-6H2,1-2H3. The summed E-state index contributed by atoms with van der Waals surface area (Å²) in [7, 11) is -2.20. The van der Waals surface area contributed by atoms with Gasteiger partial charge in [-0.2, -0.15) is 0 Å². The highest BCUT2D eigenvalue weighted by molar-refractivity contribution is 7.91. The van der Waals surface area contributed by atoms with Gasteiger partial charge in [-0.05, 0) is 42.9 Å². The molecule has 0 saturated heterocycles. The molecule has 0 aliphatic heterocycles.